The number of nitrogens with zero attached hydrogens (tertiary/aromatic N) is 1. The van der Waals surface area contributed by atoms with Crippen LogP contribution >= 0.6 is 11.3 Å². The maximum Gasteiger partial charge on any atom is 0.269 e. The predicted octanol–water partition coefficient (Wildman–Crippen LogP) is 4.23. The average molecular weight is 325 g/mol. The maximum atomic E-state index is 12.3. The number of aryl methyl sites for hydroxylation is 3. The molecule has 5 heteroatoms. The lowest BCUT2D eigenvalue weighted by atomic mass is 10.1. The summed E-state index contributed by atoms with van der Waals surface area (Å²) in [5.74, 6) is -0.153. The highest BCUT2D eigenvalue weighted by Crippen LogP contribution is 2.26. The second-order valence-corrected chi connectivity index (χ2v) is 6.60. The van der Waals surface area contributed by atoms with Crippen LogP contribution in [0.2, 0.25) is 0 Å². The number of hydrogen-bond donors (Lipinski definition) is 2. The molecule has 2 aromatic carbocycles. The van der Waals surface area contributed by atoms with Crippen molar-refractivity contribution in [2.24, 2.45) is 0 Å². The van der Waals surface area contributed by atoms with Gasteiger partial charge in [-0.2, -0.15) is 0 Å². The first-order valence-corrected chi connectivity index (χ1v) is 8.41. The second-order valence-electron chi connectivity index (χ2n) is 5.57. The third-order valence-corrected chi connectivity index (χ3v) is 4.72. The molecule has 0 aliphatic rings. The van der Waals surface area contributed by atoms with E-state index >= 15 is 0 Å². The Labute approximate surface area is 139 Å². The van der Waals surface area contributed by atoms with Gasteiger partial charge in [-0.1, -0.05) is 42.0 Å². The molecule has 0 saturated heterocycles. The van der Waals surface area contributed by atoms with Gasteiger partial charge in [0, 0.05) is 5.56 Å². The molecule has 0 atom stereocenters. The molecule has 2 N–H and O–H groups in total. The SMILES string of the molecule is CCc1ccc2nc(NNC(=O)c3cc(C)ccc3C)sc2c1. The fourth-order valence-corrected chi connectivity index (χ4v) is 3.28. The van der Waals surface area contributed by atoms with Crippen molar-refractivity contribution in [3.05, 3.63) is 58.7 Å². The molecule has 1 amide bonds. The summed E-state index contributed by atoms with van der Waals surface area (Å²) in [7, 11) is 0. The monoisotopic (exact) mass is 325 g/mol. The van der Waals surface area contributed by atoms with Gasteiger partial charge in [0.05, 0.1) is 10.2 Å². The summed E-state index contributed by atoms with van der Waals surface area (Å²) in [6.07, 6.45) is 1.000. The molecule has 3 rings (SSSR count). The van der Waals surface area contributed by atoms with Gasteiger partial charge in [0.25, 0.3) is 5.91 Å². The number of carbonyl (C=O) groups is 1. The first kappa shape index (κ1) is 15.5. The molecular weight excluding hydrogens is 306 g/mol. The molecule has 23 heavy (non-hydrogen) atoms. The Morgan fingerprint density at radius 2 is 2.00 bits per heavy atom. The van der Waals surface area contributed by atoms with Crippen LogP contribution in [0.5, 0.6) is 0 Å². The van der Waals surface area contributed by atoms with Gasteiger partial charge in [0.1, 0.15) is 0 Å². The standard InChI is InChI=1S/C18H19N3OS/c1-4-13-7-8-15-16(10-13)23-18(19-15)21-20-17(22)14-9-11(2)5-6-12(14)3/h5-10H,4H2,1-3H3,(H,19,21)(H,20,22). The van der Waals surface area contributed by atoms with Crippen LogP contribution in [0.25, 0.3) is 10.2 Å². The Kier molecular flexibility index (Phi) is 4.30. The number of carbonyl (C=O) groups excluding carboxylic acids is 1. The van der Waals surface area contributed by atoms with Crippen molar-refractivity contribution >= 4 is 32.6 Å². The Balaban J connectivity index is 1.75. The number of amides is 1. The van der Waals surface area contributed by atoms with Crippen LogP contribution in [0.4, 0.5) is 5.13 Å². The minimum absolute atomic E-state index is 0.153. The number of fused-ring (bicyclic) bond motifs is 1. The number of anilines is 1. The first-order valence-electron chi connectivity index (χ1n) is 7.60. The number of benzene rings is 2. The lowest BCUT2D eigenvalue weighted by Gasteiger charge is -2.08. The summed E-state index contributed by atoms with van der Waals surface area (Å²) in [6.45, 7) is 6.03. The Morgan fingerprint density at radius 3 is 2.78 bits per heavy atom. The van der Waals surface area contributed by atoms with E-state index in [-0.39, 0.29) is 5.91 Å². The Hall–Kier alpha value is -2.40. The lowest BCUT2D eigenvalue weighted by Crippen LogP contribution is -2.29. The van der Waals surface area contributed by atoms with E-state index in [0.29, 0.717) is 10.7 Å². The molecule has 0 unspecified atom stereocenters. The molecule has 0 fully saturated rings. The van der Waals surface area contributed by atoms with E-state index in [4.69, 9.17) is 0 Å². The minimum atomic E-state index is -0.153. The highest BCUT2D eigenvalue weighted by molar-refractivity contribution is 7.22. The molecule has 0 aliphatic heterocycles. The van der Waals surface area contributed by atoms with E-state index in [1.807, 2.05) is 38.1 Å². The Morgan fingerprint density at radius 1 is 1.17 bits per heavy atom. The van der Waals surface area contributed by atoms with Crippen molar-refractivity contribution in [2.45, 2.75) is 27.2 Å². The maximum absolute atomic E-state index is 12.3. The minimum Gasteiger partial charge on any atom is -0.273 e. The number of rotatable bonds is 4. The molecule has 0 bridgehead atoms. The average Bonchev–Trinajstić information content (AvgIpc) is 2.96. The van der Waals surface area contributed by atoms with Crippen LogP contribution < -0.4 is 10.9 Å². The first-order chi connectivity index (χ1) is 11.1. The lowest BCUT2D eigenvalue weighted by molar-refractivity contribution is 0.0962. The zero-order valence-electron chi connectivity index (χ0n) is 13.4. The molecule has 0 aliphatic carbocycles. The summed E-state index contributed by atoms with van der Waals surface area (Å²) in [5, 5.41) is 0.687. The van der Waals surface area contributed by atoms with Crippen LogP contribution in [0.15, 0.2) is 36.4 Å². The number of hydrazine groups is 1. The van der Waals surface area contributed by atoms with E-state index in [0.717, 1.165) is 27.8 Å². The van der Waals surface area contributed by atoms with Crippen LogP contribution in [-0.4, -0.2) is 10.9 Å². The Bertz CT molecular complexity index is 870. The molecular formula is C18H19N3OS. The van der Waals surface area contributed by atoms with Crippen LogP contribution in [-0.2, 0) is 6.42 Å². The molecule has 1 heterocycles. The van der Waals surface area contributed by atoms with Gasteiger partial charge < -0.3 is 0 Å². The molecule has 3 aromatic rings. The summed E-state index contributed by atoms with van der Waals surface area (Å²) in [6, 6.07) is 12.1. The van der Waals surface area contributed by atoms with Crippen molar-refractivity contribution < 1.29 is 4.79 Å². The molecule has 118 valence electrons. The number of nitrogens with one attached hydrogen (secondary N) is 2. The molecule has 4 nitrogen and oxygen atoms in total. The van der Waals surface area contributed by atoms with Gasteiger partial charge in [-0.3, -0.25) is 15.6 Å². The number of thiazole rings is 1. The van der Waals surface area contributed by atoms with Crippen LogP contribution in [0.3, 0.4) is 0 Å². The quantitative estimate of drug-likeness (QED) is 0.706. The van der Waals surface area contributed by atoms with E-state index in [1.54, 1.807) is 0 Å². The predicted molar refractivity (Wildman–Crippen MR) is 96.0 cm³/mol. The molecule has 0 radical (unpaired) electrons. The normalized spacial score (nSPS) is 10.7. The smallest absolute Gasteiger partial charge is 0.269 e. The van der Waals surface area contributed by atoms with Crippen molar-refractivity contribution in [1.82, 2.24) is 10.4 Å². The number of hydrogen-bond acceptors (Lipinski definition) is 4. The highest BCUT2D eigenvalue weighted by Gasteiger charge is 2.10. The molecule has 0 spiro atoms. The fourth-order valence-electron chi connectivity index (χ4n) is 2.40. The van der Waals surface area contributed by atoms with E-state index in [1.165, 1.54) is 16.9 Å². The van der Waals surface area contributed by atoms with Gasteiger partial charge >= 0.3 is 0 Å². The summed E-state index contributed by atoms with van der Waals surface area (Å²) in [5.41, 5.74) is 10.6. The van der Waals surface area contributed by atoms with E-state index < -0.39 is 0 Å². The van der Waals surface area contributed by atoms with Gasteiger partial charge in [0.15, 0.2) is 0 Å². The van der Waals surface area contributed by atoms with Gasteiger partial charge in [-0.25, -0.2) is 4.98 Å². The molecule has 1 aromatic heterocycles. The molecule has 0 saturated carbocycles. The third kappa shape index (κ3) is 3.35. The largest absolute Gasteiger partial charge is 0.273 e. The van der Waals surface area contributed by atoms with Crippen LogP contribution in [0, 0.1) is 13.8 Å². The van der Waals surface area contributed by atoms with E-state index in [2.05, 4.69) is 34.9 Å². The summed E-state index contributed by atoms with van der Waals surface area (Å²) >= 11 is 1.53. The fraction of sp³-hybridized carbons (Fsp3) is 0.222. The van der Waals surface area contributed by atoms with Crippen LogP contribution in [0.1, 0.15) is 34.0 Å². The topological polar surface area (TPSA) is 54.0 Å². The highest BCUT2D eigenvalue weighted by atomic mass is 32.1. The van der Waals surface area contributed by atoms with Crippen molar-refractivity contribution in [2.75, 3.05) is 5.43 Å². The summed E-state index contributed by atoms with van der Waals surface area (Å²) < 4.78 is 1.12. The van der Waals surface area contributed by atoms with Gasteiger partial charge in [0.2, 0.25) is 5.13 Å². The van der Waals surface area contributed by atoms with Gasteiger partial charge in [-0.15, -0.1) is 0 Å². The van der Waals surface area contributed by atoms with Crippen molar-refractivity contribution in [3.63, 3.8) is 0 Å². The third-order valence-electron chi connectivity index (χ3n) is 3.78. The van der Waals surface area contributed by atoms with Gasteiger partial charge in [-0.05, 0) is 49.6 Å². The zero-order valence-corrected chi connectivity index (χ0v) is 14.3. The second kappa shape index (κ2) is 6.38. The number of aromatic nitrogens is 1. The van der Waals surface area contributed by atoms with E-state index in [9.17, 15) is 4.79 Å². The summed E-state index contributed by atoms with van der Waals surface area (Å²) in [4.78, 5) is 16.8. The zero-order chi connectivity index (χ0) is 16.4. The van der Waals surface area contributed by atoms with Crippen molar-refractivity contribution in [3.8, 4) is 0 Å². The van der Waals surface area contributed by atoms with Crippen molar-refractivity contribution in [1.29, 1.82) is 0 Å².